The van der Waals surface area contributed by atoms with Gasteiger partial charge in [-0.1, -0.05) is 60.7 Å². The smallest absolute Gasteiger partial charge is 0.258 e. The van der Waals surface area contributed by atoms with E-state index in [2.05, 4.69) is 34.5 Å². The van der Waals surface area contributed by atoms with Crippen molar-refractivity contribution in [3.63, 3.8) is 0 Å². The third kappa shape index (κ3) is 5.34. The maximum atomic E-state index is 12.2. The molecule has 4 rings (SSSR count). The van der Waals surface area contributed by atoms with Gasteiger partial charge in [0, 0.05) is 31.6 Å². The van der Waals surface area contributed by atoms with Crippen LogP contribution in [0.1, 0.15) is 11.1 Å². The third-order valence-electron chi connectivity index (χ3n) is 5.13. The van der Waals surface area contributed by atoms with Crippen LogP contribution in [0.4, 0.5) is 0 Å². The molecule has 0 saturated carbocycles. The zero-order valence-electron chi connectivity index (χ0n) is 16.5. The van der Waals surface area contributed by atoms with Gasteiger partial charge in [-0.05, 0) is 22.6 Å². The van der Waals surface area contributed by atoms with E-state index in [9.17, 15) is 4.79 Å². The second-order valence-corrected chi connectivity index (χ2v) is 7.25. The van der Waals surface area contributed by atoms with Crippen molar-refractivity contribution in [3.8, 4) is 5.75 Å². The fourth-order valence-corrected chi connectivity index (χ4v) is 3.50. The van der Waals surface area contributed by atoms with Gasteiger partial charge < -0.3 is 14.8 Å². The second-order valence-electron chi connectivity index (χ2n) is 7.25. The number of rotatable bonds is 7. The molecular formula is C24H26N2O3. The van der Waals surface area contributed by atoms with Crippen LogP contribution < -0.4 is 10.1 Å². The zero-order valence-corrected chi connectivity index (χ0v) is 16.5. The minimum absolute atomic E-state index is 0.00310. The molecule has 0 radical (unpaired) electrons. The van der Waals surface area contributed by atoms with E-state index in [0.717, 1.165) is 54.9 Å². The summed E-state index contributed by atoms with van der Waals surface area (Å²) in [4.78, 5) is 14.6. The summed E-state index contributed by atoms with van der Waals surface area (Å²) in [7, 11) is 0. The van der Waals surface area contributed by atoms with Crippen LogP contribution in [0.3, 0.4) is 0 Å². The Bertz CT molecular complexity index is 945. The molecule has 1 fully saturated rings. The minimum Gasteiger partial charge on any atom is -0.483 e. The number of morpholine rings is 1. The molecule has 0 aliphatic carbocycles. The predicted octanol–water partition coefficient (Wildman–Crippen LogP) is 3.37. The van der Waals surface area contributed by atoms with E-state index in [4.69, 9.17) is 9.47 Å². The largest absolute Gasteiger partial charge is 0.483 e. The van der Waals surface area contributed by atoms with Gasteiger partial charge in [0.2, 0.25) is 0 Å². The number of hydrogen-bond donors (Lipinski definition) is 1. The Morgan fingerprint density at radius 1 is 0.931 bits per heavy atom. The van der Waals surface area contributed by atoms with Gasteiger partial charge in [-0.3, -0.25) is 9.69 Å². The molecule has 3 aromatic carbocycles. The Balaban J connectivity index is 1.25. The predicted molar refractivity (Wildman–Crippen MR) is 114 cm³/mol. The van der Waals surface area contributed by atoms with Crippen LogP contribution in [0.15, 0.2) is 66.7 Å². The van der Waals surface area contributed by atoms with Crippen LogP contribution in [0.5, 0.6) is 5.75 Å². The van der Waals surface area contributed by atoms with Crippen molar-refractivity contribution in [1.82, 2.24) is 10.2 Å². The summed E-state index contributed by atoms with van der Waals surface area (Å²) in [6.45, 7) is 5.02. The number of benzene rings is 3. The van der Waals surface area contributed by atoms with E-state index in [0.29, 0.717) is 6.54 Å². The molecule has 1 aliphatic heterocycles. The van der Waals surface area contributed by atoms with Gasteiger partial charge in [0.05, 0.1) is 13.2 Å². The number of amides is 1. The lowest BCUT2D eigenvalue weighted by molar-refractivity contribution is -0.123. The molecule has 0 aromatic heterocycles. The summed E-state index contributed by atoms with van der Waals surface area (Å²) in [5.41, 5.74) is 2.36. The molecular weight excluding hydrogens is 364 g/mol. The number of ether oxygens (including phenoxy) is 2. The summed E-state index contributed by atoms with van der Waals surface area (Å²) in [5.74, 6) is 0.598. The lowest BCUT2D eigenvalue weighted by Crippen LogP contribution is -2.35. The summed E-state index contributed by atoms with van der Waals surface area (Å²) < 4.78 is 11.1. The highest BCUT2D eigenvalue weighted by molar-refractivity contribution is 5.88. The maximum Gasteiger partial charge on any atom is 0.258 e. The average Bonchev–Trinajstić information content (AvgIpc) is 2.78. The third-order valence-corrected chi connectivity index (χ3v) is 5.13. The second kappa shape index (κ2) is 9.54. The first-order chi connectivity index (χ1) is 14.3. The maximum absolute atomic E-state index is 12.2. The van der Waals surface area contributed by atoms with E-state index in [1.165, 1.54) is 5.56 Å². The molecule has 29 heavy (non-hydrogen) atoms. The Hall–Kier alpha value is -2.89. The minimum atomic E-state index is -0.129. The van der Waals surface area contributed by atoms with Crippen molar-refractivity contribution in [3.05, 3.63) is 77.9 Å². The van der Waals surface area contributed by atoms with Crippen molar-refractivity contribution in [2.45, 2.75) is 13.1 Å². The molecule has 0 unspecified atom stereocenters. The van der Waals surface area contributed by atoms with Gasteiger partial charge in [0.25, 0.3) is 5.91 Å². The van der Waals surface area contributed by atoms with Crippen LogP contribution >= 0.6 is 0 Å². The van der Waals surface area contributed by atoms with Gasteiger partial charge in [0.1, 0.15) is 5.75 Å². The van der Waals surface area contributed by atoms with Crippen LogP contribution in [-0.2, 0) is 22.6 Å². The highest BCUT2D eigenvalue weighted by Gasteiger charge is 2.10. The van der Waals surface area contributed by atoms with Crippen molar-refractivity contribution in [2.24, 2.45) is 0 Å². The van der Waals surface area contributed by atoms with E-state index < -0.39 is 0 Å². The highest BCUT2D eigenvalue weighted by atomic mass is 16.5. The topological polar surface area (TPSA) is 50.8 Å². The van der Waals surface area contributed by atoms with Gasteiger partial charge >= 0.3 is 0 Å². The quantitative estimate of drug-likeness (QED) is 0.672. The van der Waals surface area contributed by atoms with E-state index in [1.807, 2.05) is 42.5 Å². The lowest BCUT2D eigenvalue weighted by Gasteiger charge is -2.26. The van der Waals surface area contributed by atoms with Crippen LogP contribution in [0.25, 0.3) is 10.8 Å². The fourth-order valence-electron chi connectivity index (χ4n) is 3.50. The first-order valence-corrected chi connectivity index (χ1v) is 10.0. The van der Waals surface area contributed by atoms with E-state index in [1.54, 1.807) is 0 Å². The van der Waals surface area contributed by atoms with E-state index >= 15 is 0 Å². The molecule has 1 amide bonds. The fraction of sp³-hybridized carbons (Fsp3) is 0.292. The van der Waals surface area contributed by atoms with Gasteiger partial charge in [-0.25, -0.2) is 0 Å². The highest BCUT2D eigenvalue weighted by Crippen LogP contribution is 2.24. The molecule has 1 aliphatic rings. The Morgan fingerprint density at radius 2 is 1.66 bits per heavy atom. The van der Waals surface area contributed by atoms with Gasteiger partial charge in [-0.2, -0.15) is 0 Å². The SMILES string of the molecule is O=C(COc1cccc2ccccc12)NCc1ccc(CN2CCOCC2)cc1. The number of fused-ring (bicyclic) bond motifs is 1. The van der Waals surface area contributed by atoms with Gasteiger partial charge in [-0.15, -0.1) is 0 Å². The number of nitrogens with zero attached hydrogens (tertiary/aromatic N) is 1. The molecule has 0 atom stereocenters. The van der Waals surface area contributed by atoms with Gasteiger partial charge in [0.15, 0.2) is 6.61 Å². The van der Waals surface area contributed by atoms with Crippen molar-refractivity contribution >= 4 is 16.7 Å². The number of hydrogen-bond acceptors (Lipinski definition) is 4. The van der Waals surface area contributed by atoms with E-state index in [-0.39, 0.29) is 12.5 Å². The monoisotopic (exact) mass is 390 g/mol. The molecule has 5 heteroatoms. The van der Waals surface area contributed by atoms with Crippen molar-refractivity contribution in [1.29, 1.82) is 0 Å². The van der Waals surface area contributed by atoms with Crippen LogP contribution in [-0.4, -0.2) is 43.7 Å². The summed E-state index contributed by atoms with van der Waals surface area (Å²) in [6.07, 6.45) is 0. The average molecular weight is 390 g/mol. The summed E-state index contributed by atoms with van der Waals surface area (Å²) >= 11 is 0. The van der Waals surface area contributed by atoms with Crippen LogP contribution in [0.2, 0.25) is 0 Å². The van der Waals surface area contributed by atoms with Crippen molar-refractivity contribution < 1.29 is 14.3 Å². The summed E-state index contributed by atoms with van der Waals surface area (Å²) in [5, 5.41) is 5.04. The Kier molecular flexibility index (Phi) is 6.39. The molecule has 150 valence electrons. The lowest BCUT2D eigenvalue weighted by atomic mass is 10.1. The van der Waals surface area contributed by atoms with Crippen LogP contribution in [0, 0.1) is 0 Å². The molecule has 0 spiro atoms. The Morgan fingerprint density at radius 3 is 2.48 bits per heavy atom. The molecule has 5 nitrogen and oxygen atoms in total. The Labute approximate surface area is 171 Å². The standard InChI is InChI=1S/C24H26N2O3/c27-24(18-29-23-7-3-5-21-4-1-2-6-22(21)23)25-16-19-8-10-20(11-9-19)17-26-12-14-28-15-13-26/h1-11H,12-18H2,(H,25,27). The first-order valence-electron chi connectivity index (χ1n) is 10.0. The summed E-state index contributed by atoms with van der Waals surface area (Å²) in [6, 6.07) is 22.3. The molecule has 3 aromatic rings. The molecule has 1 N–H and O–H groups in total. The first kappa shape index (κ1) is 19.4. The van der Waals surface area contributed by atoms with Crippen molar-refractivity contribution in [2.75, 3.05) is 32.9 Å². The number of nitrogens with one attached hydrogen (secondary N) is 1. The molecule has 1 saturated heterocycles. The number of carbonyl (C=O) groups excluding carboxylic acids is 1. The zero-order chi connectivity index (χ0) is 19.9. The molecule has 1 heterocycles. The molecule has 0 bridgehead atoms. The number of carbonyl (C=O) groups is 1. The normalized spacial score (nSPS) is 14.6.